The Bertz CT molecular complexity index is 402. The molecule has 2 atom stereocenters. The first kappa shape index (κ1) is 13.0. The summed E-state index contributed by atoms with van der Waals surface area (Å²) in [5.74, 6) is 0.897. The van der Waals surface area contributed by atoms with Crippen molar-refractivity contribution in [2.75, 3.05) is 5.32 Å². The molecular formula is C16H22N2. The predicted molar refractivity (Wildman–Crippen MR) is 75.4 cm³/mol. The number of hydrogen-bond donors (Lipinski definition) is 1. The molecule has 0 heterocycles. The van der Waals surface area contributed by atoms with Gasteiger partial charge < -0.3 is 5.32 Å². The van der Waals surface area contributed by atoms with Crippen molar-refractivity contribution in [2.24, 2.45) is 5.92 Å². The van der Waals surface area contributed by atoms with E-state index in [1.165, 1.54) is 37.8 Å². The van der Waals surface area contributed by atoms with E-state index in [1.807, 2.05) is 12.1 Å². The maximum atomic E-state index is 8.64. The average molecular weight is 242 g/mol. The fourth-order valence-corrected chi connectivity index (χ4v) is 2.84. The van der Waals surface area contributed by atoms with E-state index in [0.29, 0.717) is 12.5 Å². The van der Waals surface area contributed by atoms with Crippen molar-refractivity contribution in [3.63, 3.8) is 0 Å². The highest BCUT2D eigenvalue weighted by atomic mass is 14.9. The Labute approximate surface area is 110 Å². The van der Waals surface area contributed by atoms with Crippen LogP contribution in [0.1, 0.15) is 44.6 Å². The van der Waals surface area contributed by atoms with Crippen LogP contribution >= 0.6 is 0 Å². The monoisotopic (exact) mass is 242 g/mol. The molecule has 2 nitrogen and oxygen atoms in total. The van der Waals surface area contributed by atoms with E-state index in [1.54, 1.807) is 0 Å². The zero-order valence-corrected chi connectivity index (χ0v) is 11.2. The molecule has 0 spiro atoms. The van der Waals surface area contributed by atoms with Gasteiger partial charge in [0.1, 0.15) is 0 Å². The molecule has 1 aliphatic carbocycles. The first-order valence-electron chi connectivity index (χ1n) is 7.04. The van der Waals surface area contributed by atoms with Gasteiger partial charge in [-0.05, 0) is 36.5 Å². The van der Waals surface area contributed by atoms with Gasteiger partial charge in [-0.2, -0.15) is 5.26 Å². The molecule has 0 aliphatic heterocycles. The van der Waals surface area contributed by atoms with E-state index in [-0.39, 0.29) is 0 Å². The van der Waals surface area contributed by atoms with Crippen LogP contribution in [0, 0.1) is 17.2 Å². The number of hydrogen-bond acceptors (Lipinski definition) is 2. The second kappa shape index (κ2) is 6.44. The van der Waals surface area contributed by atoms with Crippen LogP contribution in [-0.2, 0) is 6.42 Å². The lowest BCUT2D eigenvalue weighted by Gasteiger charge is -2.29. The Morgan fingerprint density at radius 1 is 1.28 bits per heavy atom. The largest absolute Gasteiger partial charge is 0.382 e. The second-order valence-electron chi connectivity index (χ2n) is 5.31. The quantitative estimate of drug-likeness (QED) is 0.861. The zero-order chi connectivity index (χ0) is 12.8. The van der Waals surface area contributed by atoms with Crippen molar-refractivity contribution in [2.45, 2.75) is 51.5 Å². The van der Waals surface area contributed by atoms with E-state index in [4.69, 9.17) is 5.26 Å². The molecule has 1 aromatic rings. The van der Waals surface area contributed by atoms with Crippen molar-refractivity contribution in [3.8, 4) is 6.07 Å². The Morgan fingerprint density at radius 2 is 2.06 bits per heavy atom. The third kappa shape index (κ3) is 3.50. The summed E-state index contributed by atoms with van der Waals surface area (Å²) in [5, 5.41) is 12.3. The normalized spacial score (nSPS) is 23.3. The van der Waals surface area contributed by atoms with Gasteiger partial charge in [0, 0.05) is 11.7 Å². The molecule has 2 heteroatoms. The summed E-state index contributed by atoms with van der Waals surface area (Å²) < 4.78 is 0. The average Bonchev–Trinajstić information content (AvgIpc) is 2.42. The van der Waals surface area contributed by atoms with Crippen LogP contribution in [0.4, 0.5) is 5.69 Å². The van der Waals surface area contributed by atoms with Crippen LogP contribution in [0.25, 0.3) is 0 Å². The summed E-state index contributed by atoms with van der Waals surface area (Å²) in [6, 6.07) is 11.1. The highest BCUT2D eigenvalue weighted by molar-refractivity contribution is 5.45. The van der Waals surface area contributed by atoms with Crippen molar-refractivity contribution in [3.05, 3.63) is 29.8 Å². The summed E-state index contributed by atoms with van der Waals surface area (Å²) in [6.07, 6.45) is 7.15. The number of rotatable bonds is 4. The van der Waals surface area contributed by atoms with Crippen molar-refractivity contribution in [1.29, 1.82) is 5.26 Å². The molecule has 96 valence electrons. The second-order valence-corrected chi connectivity index (χ2v) is 5.31. The molecule has 1 N–H and O–H groups in total. The number of anilines is 1. The van der Waals surface area contributed by atoms with E-state index < -0.39 is 0 Å². The molecule has 2 rings (SSSR count). The van der Waals surface area contributed by atoms with E-state index in [0.717, 1.165) is 11.5 Å². The van der Waals surface area contributed by atoms with Gasteiger partial charge in [-0.1, -0.05) is 38.3 Å². The molecule has 0 saturated heterocycles. The molecule has 18 heavy (non-hydrogen) atoms. The fraction of sp³-hybridized carbons (Fsp3) is 0.562. The predicted octanol–water partition coefficient (Wildman–Crippen LogP) is 4.13. The lowest BCUT2D eigenvalue weighted by molar-refractivity contribution is 0.327. The first-order chi connectivity index (χ1) is 8.81. The third-order valence-electron chi connectivity index (χ3n) is 3.97. The van der Waals surface area contributed by atoms with Gasteiger partial charge in [0.2, 0.25) is 0 Å². The molecule has 0 amide bonds. The van der Waals surface area contributed by atoms with Crippen LogP contribution in [0.3, 0.4) is 0 Å². The third-order valence-corrected chi connectivity index (χ3v) is 3.97. The SMILES string of the molecule is CCC1CCCC(Nc2ccc(CC#N)cc2)C1. The minimum absolute atomic E-state index is 0.502. The maximum Gasteiger partial charge on any atom is 0.0669 e. The Kier molecular flexibility index (Phi) is 4.64. The summed E-state index contributed by atoms with van der Waals surface area (Å²) >= 11 is 0. The van der Waals surface area contributed by atoms with E-state index >= 15 is 0 Å². The minimum atomic E-state index is 0.502. The van der Waals surface area contributed by atoms with Gasteiger partial charge in [0.05, 0.1) is 12.5 Å². The standard InChI is InChI=1S/C16H22N2/c1-2-13-4-3-5-16(12-13)18-15-8-6-14(7-9-15)10-11-17/h6-9,13,16,18H,2-5,10,12H2,1H3. The number of nitriles is 1. The molecule has 0 bridgehead atoms. The lowest BCUT2D eigenvalue weighted by atomic mass is 9.84. The van der Waals surface area contributed by atoms with Crippen LogP contribution in [0.15, 0.2) is 24.3 Å². The molecule has 2 unspecified atom stereocenters. The van der Waals surface area contributed by atoms with Crippen LogP contribution < -0.4 is 5.32 Å². The van der Waals surface area contributed by atoms with Crippen molar-refractivity contribution in [1.82, 2.24) is 0 Å². The van der Waals surface area contributed by atoms with E-state index in [2.05, 4.69) is 30.4 Å². The van der Waals surface area contributed by atoms with Gasteiger partial charge in [-0.3, -0.25) is 0 Å². The fourth-order valence-electron chi connectivity index (χ4n) is 2.84. The maximum absolute atomic E-state index is 8.64. The summed E-state index contributed by atoms with van der Waals surface area (Å²) in [5.41, 5.74) is 2.29. The van der Waals surface area contributed by atoms with Gasteiger partial charge in [0.15, 0.2) is 0 Å². The summed E-state index contributed by atoms with van der Waals surface area (Å²) in [4.78, 5) is 0. The smallest absolute Gasteiger partial charge is 0.0669 e. The van der Waals surface area contributed by atoms with Gasteiger partial charge in [-0.25, -0.2) is 0 Å². The molecule has 0 aromatic heterocycles. The molecule has 1 aliphatic rings. The van der Waals surface area contributed by atoms with Crippen molar-refractivity contribution < 1.29 is 0 Å². The number of benzene rings is 1. The molecule has 1 saturated carbocycles. The van der Waals surface area contributed by atoms with Gasteiger partial charge in [0.25, 0.3) is 0 Å². The Morgan fingerprint density at radius 3 is 2.72 bits per heavy atom. The summed E-state index contributed by atoms with van der Waals surface area (Å²) in [7, 11) is 0. The van der Waals surface area contributed by atoms with Gasteiger partial charge >= 0.3 is 0 Å². The lowest BCUT2D eigenvalue weighted by Crippen LogP contribution is -2.27. The molecular weight excluding hydrogens is 220 g/mol. The van der Waals surface area contributed by atoms with Gasteiger partial charge in [-0.15, -0.1) is 0 Å². The first-order valence-corrected chi connectivity index (χ1v) is 7.04. The number of nitrogens with zero attached hydrogens (tertiary/aromatic N) is 1. The Hall–Kier alpha value is -1.49. The highest BCUT2D eigenvalue weighted by Gasteiger charge is 2.20. The summed E-state index contributed by atoms with van der Waals surface area (Å²) in [6.45, 7) is 2.30. The highest BCUT2D eigenvalue weighted by Crippen LogP contribution is 2.28. The van der Waals surface area contributed by atoms with Crippen LogP contribution in [0.5, 0.6) is 0 Å². The topological polar surface area (TPSA) is 35.8 Å². The number of nitrogens with one attached hydrogen (secondary N) is 1. The molecule has 1 fully saturated rings. The van der Waals surface area contributed by atoms with Crippen LogP contribution in [0.2, 0.25) is 0 Å². The minimum Gasteiger partial charge on any atom is -0.382 e. The molecule has 1 aromatic carbocycles. The Balaban J connectivity index is 1.90. The zero-order valence-electron chi connectivity index (χ0n) is 11.2. The molecule has 0 radical (unpaired) electrons. The van der Waals surface area contributed by atoms with E-state index in [9.17, 15) is 0 Å². The van der Waals surface area contributed by atoms with Crippen molar-refractivity contribution >= 4 is 5.69 Å². The van der Waals surface area contributed by atoms with Crippen LogP contribution in [-0.4, -0.2) is 6.04 Å².